The summed E-state index contributed by atoms with van der Waals surface area (Å²) in [7, 11) is 3.81. The van der Waals surface area contributed by atoms with Crippen LogP contribution in [-0.2, 0) is 11.3 Å². The number of hydrogen-bond donors (Lipinski definition) is 2. The molecular weight excluding hydrogens is 415 g/mol. The Kier molecular flexibility index (Phi) is 13.7. The van der Waals surface area contributed by atoms with Crippen molar-refractivity contribution in [1.82, 2.24) is 10.2 Å². The van der Waals surface area contributed by atoms with Gasteiger partial charge in [-0.15, -0.1) is 24.0 Å². The van der Waals surface area contributed by atoms with Crippen LogP contribution in [0.1, 0.15) is 32.3 Å². The van der Waals surface area contributed by atoms with Crippen LogP contribution in [0, 0.1) is 0 Å². The molecule has 1 aromatic carbocycles. The molecule has 6 heteroatoms. The van der Waals surface area contributed by atoms with Gasteiger partial charge in [0.1, 0.15) is 0 Å². The molecule has 0 atom stereocenters. The van der Waals surface area contributed by atoms with Gasteiger partial charge in [0, 0.05) is 39.5 Å². The molecule has 0 aliphatic carbocycles. The van der Waals surface area contributed by atoms with Gasteiger partial charge in [0.05, 0.1) is 13.2 Å². The Balaban J connectivity index is 0.00000529. The highest BCUT2D eigenvalue weighted by atomic mass is 127. The zero-order valence-corrected chi connectivity index (χ0v) is 17.8. The number of ether oxygens (including phenoxy) is 1. The van der Waals surface area contributed by atoms with Gasteiger partial charge in [-0.05, 0) is 31.0 Å². The van der Waals surface area contributed by atoms with E-state index >= 15 is 0 Å². The Morgan fingerprint density at radius 3 is 2.50 bits per heavy atom. The topological polar surface area (TPSA) is 48.9 Å². The zero-order chi connectivity index (χ0) is 16.9. The van der Waals surface area contributed by atoms with Gasteiger partial charge in [-0.1, -0.05) is 25.5 Å². The minimum atomic E-state index is 0. The lowest BCUT2D eigenvalue weighted by Crippen LogP contribution is -2.39. The molecule has 2 N–H and O–H groups in total. The highest BCUT2D eigenvalue weighted by molar-refractivity contribution is 14.0. The summed E-state index contributed by atoms with van der Waals surface area (Å²) in [5.74, 6) is 0.975. The molecule has 0 amide bonds. The van der Waals surface area contributed by atoms with Crippen LogP contribution in [0.2, 0.25) is 0 Å². The second kappa shape index (κ2) is 14.3. The van der Waals surface area contributed by atoms with Crippen molar-refractivity contribution in [3.05, 3.63) is 29.8 Å². The summed E-state index contributed by atoms with van der Waals surface area (Å²) in [6.07, 6.45) is 2.38. The first-order valence-corrected chi connectivity index (χ1v) is 8.52. The Morgan fingerprint density at radius 1 is 1.21 bits per heavy atom. The number of nitrogens with one attached hydrogen (secondary N) is 2. The van der Waals surface area contributed by atoms with E-state index in [1.807, 2.05) is 0 Å². The number of hydrogen-bond acceptors (Lipinski definition) is 3. The van der Waals surface area contributed by atoms with Crippen LogP contribution < -0.4 is 10.6 Å². The van der Waals surface area contributed by atoms with E-state index in [2.05, 4.69) is 60.7 Å². The van der Waals surface area contributed by atoms with Gasteiger partial charge in [0.25, 0.3) is 0 Å². The molecule has 0 bridgehead atoms. The van der Waals surface area contributed by atoms with Gasteiger partial charge in [-0.25, -0.2) is 4.99 Å². The third kappa shape index (κ3) is 9.32. The summed E-state index contributed by atoms with van der Waals surface area (Å²) >= 11 is 0. The van der Waals surface area contributed by atoms with Crippen LogP contribution in [0.5, 0.6) is 0 Å². The highest BCUT2D eigenvalue weighted by Crippen LogP contribution is 2.10. The monoisotopic (exact) mass is 448 g/mol. The summed E-state index contributed by atoms with van der Waals surface area (Å²) in [5.41, 5.74) is 2.32. The maximum Gasteiger partial charge on any atom is 0.193 e. The van der Waals surface area contributed by atoms with Crippen molar-refractivity contribution < 1.29 is 4.74 Å². The first-order chi connectivity index (χ1) is 11.2. The minimum Gasteiger partial charge on any atom is -0.383 e. The number of unbranched alkanes of at least 4 members (excludes halogenated alkanes) is 1. The molecule has 0 spiro atoms. The van der Waals surface area contributed by atoms with Crippen LogP contribution >= 0.6 is 24.0 Å². The number of methoxy groups -OCH3 is 1. The molecule has 1 aromatic rings. The molecular formula is C18H33IN4O. The fourth-order valence-corrected chi connectivity index (χ4v) is 2.16. The van der Waals surface area contributed by atoms with Crippen molar-refractivity contribution >= 4 is 35.6 Å². The van der Waals surface area contributed by atoms with E-state index in [-0.39, 0.29) is 24.0 Å². The van der Waals surface area contributed by atoms with Crippen LogP contribution in [0.3, 0.4) is 0 Å². The minimum absolute atomic E-state index is 0. The van der Waals surface area contributed by atoms with Crippen LogP contribution in [0.25, 0.3) is 0 Å². The summed E-state index contributed by atoms with van der Waals surface area (Å²) in [6, 6.07) is 8.42. The van der Waals surface area contributed by atoms with Crippen molar-refractivity contribution in [2.24, 2.45) is 4.99 Å². The molecule has 24 heavy (non-hydrogen) atoms. The Morgan fingerprint density at radius 2 is 1.92 bits per heavy atom. The number of anilines is 1. The van der Waals surface area contributed by atoms with E-state index in [4.69, 9.17) is 9.73 Å². The number of guanidine groups is 1. The van der Waals surface area contributed by atoms with Crippen molar-refractivity contribution in [2.45, 2.75) is 33.2 Å². The fourth-order valence-electron chi connectivity index (χ4n) is 2.16. The third-order valence-electron chi connectivity index (χ3n) is 3.54. The number of benzene rings is 1. The van der Waals surface area contributed by atoms with E-state index in [9.17, 15) is 0 Å². The van der Waals surface area contributed by atoms with Crippen LogP contribution in [-0.4, -0.2) is 51.3 Å². The Hall–Kier alpha value is -1.02. The quantitative estimate of drug-likeness (QED) is 0.249. The smallest absolute Gasteiger partial charge is 0.193 e. The summed E-state index contributed by atoms with van der Waals surface area (Å²) < 4.78 is 5.03. The average Bonchev–Trinajstić information content (AvgIpc) is 2.58. The molecule has 0 aliphatic rings. The zero-order valence-electron chi connectivity index (χ0n) is 15.5. The van der Waals surface area contributed by atoms with Crippen molar-refractivity contribution in [3.63, 3.8) is 0 Å². The lowest BCUT2D eigenvalue weighted by atomic mass is 10.2. The van der Waals surface area contributed by atoms with E-state index in [1.165, 1.54) is 18.4 Å². The third-order valence-corrected chi connectivity index (χ3v) is 3.54. The molecule has 0 unspecified atom stereocenters. The largest absolute Gasteiger partial charge is 0.383 e. The Labute approximate surface area is 164 Å². The summed E-state index contributed by atoms with van der Waals surface area (Å²) in [4.78, 5) is 6.93. The molecule has 0 saturated carbocycles. The summed E-state index contributed by atoms with van der Waals surface area (Å²) in [6.45, 7) is 8.45. The average molecular weight is 448 g/mol. The molecule has 1 rings (SSSR count). The molecule has 5 nitrogen and oxygen atoms in total. The molecule has 0 radical (unpaired) electrons. The molecule has 138 valence electrons. The van der Waals surface area contributed by atoms with Gasteiger partial charge in [-0.2, -0.15) is 0 Å². The SMILES string of the molecule is CCCCN(C)C(=NCc1ccc(NCCOC)cc1)NCC.I. The molecule has 0 fully saturated rings. The maximum absolute atomic E-state index is 5.03. The number of aliphatic imine (C=N–C) groups is 1. The first-order valence-electron chi connectivity index (χ1n) is 8.52. The van der Waals surface area contributed by atoms with Crippen LogP contribution in [0.4, 0.5) is 5.69 Å². The van der Waals surface area contributed by atoms with Gasteiger partial charge in [0.2, 0.25) is 0 Å². The summed E-state index contributed by atoms with van der Waals surface area (Å²) in [5, 5.41) is 6.67. The number of halogens is 1. The van der Waals surface area contributed by atoms with Gasteiger partial charge >= 0.3 is 0 Å². The number of nitrogens with zero attached hydrogens (tertiary/aromatic N) is 2. The van der Waals surface area contributed by atoms with Crippen molar-refractivity contribution in [2.75, 3.05) is 45.7 Å². The normalized spacial score (nSPS) is 10.9. The molecule has 0 aliphatic heterocycles. The highest BCUT2D eigenvalue weighted by Gasteiger charge is 2.04. The van der Waals surface area contributed by atoms with Crippen LogP contribution in [0.15, 0.2) is 29.3 Å². The molecule has 0 saturated heterocycles. The second-order valence-corrected chi connectivity index (χ2v) is 5.56. The van der Waals surface area contributed by atoms with Crippen molar-refractivity contribution in [3.8, 4) is 0 Å². The number of rotatable bonds is 10. The van der Waals surface area contributed by atoms with Gasteiger partial charge in [0.15, 0.2) is 5.96 Å². The predicted molar refractivity (Wildman–Crippen MR) is 115 cm³/mol. The maximum atomic E-state index is 5.03. The molecule has 0 heterocycles. The van der Waals surface area contributed by atoms with Gasteiger partial charge in [-0.3, -0.25) is 0 Å². The lowest BCUT2D eigenvalue weighted by Gasteiger charge is -2.21. The first kappa shape index (κ1) is 23.0. The van der Waals surface area contributed by atoms with E-state index < -0.39 is 0 Å². The van der Waals surface area contributed by atoms with Gasteiger partial charge < -0.3 is 20.3 Å². The Bertz CT molecular complexity index is 451. The molecule has 0 aromatic heterocycles. The van der Waals surface area contributed by atoms with E-state index in [0.29, 0.717) is 13.2 Å². The standard InChI is InChI=1S/C18H32N4O.HI/c1-5-7-13-22(3)18(19-6-2)21-15-16-8-10-17(11-9-16)20-12-14-23-4;/h8-11,20H,5-7,12-15H2,1-4H3,(H,19,21);1H. The van der Waals surface area contributed by atoms with E-state index in [0.717, 1.165) is 31.3 Å². The van der Waals surface area contributed by atoms with E-state index in [1.54, 1.807) is 7.11 Å². The second-order valence-electron chi connectivity index (χ2n) is 5.56. The predicted octanol–water partition coefficient (Wildman–Crippen LogP) is 3.56. The fraction of sp³-hybridized carbons (Fsp3) is 0.611. The van der Waals surface area contributed by atoms with Crippen molar-refractivity contribution in [1.29, 1.82) is 0 Å². The lowest BCUT2D eigenvalue weighted by molar-refractivity contribution is 0.211.